The van der Waals surface area contributed by atoms with E-state index >= 15 is 0 Å². The molecule has 0 aromatic carbocycles. The molecule has 3 aliphatic rings. The van der Waals surface area contributed by atoms with Crippen LogP contribution in [0.15, 0.2) is 0 Å². The summed E-state index contributed by atoms with van der Waals surface area (Å²) in [4.78, 5) is 52.3. The predicted octanol–water partition coefficient (Wildman–Crippen LogP) is -0.949. The van der Waals surface area contributed by atoms with Gasteiger partial charge in [-0.1, -0.05) is 0 Å². The lowest BCUT2D eigenvalue weighted by Crippen LogP contribution is -2.48. The molecule has 2 saturated heterocycles. The van der Waals surface area contributed by atoms with Gasteiger partial charge in [-0.2, -0.15) is 0 Å². The summed E-state index contributed by atoms with van der Waals surface area (Å²) in [6, 6.07) is 0.0595. The molecule has 202 valence electrons. The number of likely N-dealkylation sites (tertiary alicyclic amines) is 2. The molecule has 0 aromatic heterocycles. The van der Waals surface area contributed by atoms with E-state index < -0.39 is 36.5 Å². The van der Waals surface area contributed by atoms with E-state index in [1.54, 1.807) is 19.0 Å². The molecule has 14 heteroatoms. The lowest BCUT2D eigenvalue weighted by Gasteiger charge is -2.30. The number of carbonyl (C=O) groups excluding carboxylic acids is 2. The minimum Gasteiger partial charge on any atom is -0.479 e. The zero-order chi connectivity index (χ0) is 27.4. The highest BCUT2D eigenvalue weighted by atomic mass is 19.1. The van der Waals surface area contributed by atoms with Gasteiger partial charge in [0.15, 0.2) is 12.2 Å². The molecular weight excluding hydrogens is 481 g/mol. The highest BCUT2D eigenvalue weighted by Gasteiger charge is 2.48. The third kappa shape index (κ3) is 7.02. The number of carboxylic acid groups (broad SMARTS) is 2. The number of halogens is 1. The van der Waals surface area contributed by atoms with Crippen LogP contribution in [0.1, 0.15) is 26.2 Å². The summed E-state index contributed by atoms with van der Waals surface area (Å²) < 4.78 is 13.5. The number of aliphatic hydroxyl groups excluding tert-OH is 2. The van der Waals surface area contributed by atoms with E-state index in [9.17, 15) is 23.6 Å². The van der Waals surface area contributed by atoms with E-state index in [2.05, 4.69) is 17.1 Å². The minimum atomic E-state index is -2.27. The van der Waals surface area contributed by atoms with Crippen molar-refractivity contribution in [2.75, 3.05) is 40.3 Å². The van der Waals surface area contributed by atoms with Crippen molar-refractivity contribution in [1.82, 2.24) is 20.0 Å². The first-order valence-electron chi connectivity index (χ1n) is 11.5. The van der Waals surface area contributed by atoms with Gasteiger partial charge in [0, 0.05) is 32.7 Å². The smallest absolute Gasteiger partial charge is 0.335 e. The first-order chi connectivity index (χ1) is 16.7. The Morgan fingerprint density at radius 1 is 1.08 bits per heavy atom. The molecule has 13 nitrogen and oxygen atoms in total. The number of hydrogen-bond acceptors (Lipinski definition) is 7. The number of carbonyl (C=O) groups is 4. The Kier molecular flexibility index (Phi) is 9.58. The fourth-order valence-corrected chi connectivity index (χ4v) is 5.04. The van der Waals surface area contributed by atoms with Crippen molar-refractivity contribution in [1.29, 1.82) is 0 Å². The quantitative estimate of drug-likeness (QED) is 0.279. The molecule has 3 rings (SSSR count). The first kappa shape index (κ1) is 29.2. The molecule has 3 unspecified atom stereocenters. The van der Waals surface area contributed by atoms with Gasteiger partial charge in [0.1, 0.15) is 6.17 Å². The Balaban J connectivity index is 0.000000388. The molecule has 0 radical (unpaired) electrons. The molecule has 2 heterocycles. The number of amides is 3. The van der Waals surface area contributed by atoms with E-state index in [0.717, 1.165) is 25.9 Å². The van der Waals surface area contributed by atoms with Crippen LogP contribution in [0.25, 0.3) is 4.85 Å². The number of alkyl halides is 1. The number of nitrogens with one attached hydrogen (secondary N) is 1. The number of nitrogens with zero attached hydrogens (tertiary/aromatic N) is 4. The average Bonchev–Trinajstić information content (AvgIpc) is 3.46. The summed E-state index contributed by atoms with van der Waals surface area (Å²) in [6.07, 6.45) is -4.34. The maximum atomic E-state index is 13.5. The number of rotatable bonds is 6. The zero-order valence-electron chi connectivity index (χ0n) is 20.5. The first-order valence-corrected chi connectivity index (χ1v) is 11.5. The van der Waals surface area contributed by atoms with Crippen LogP contribution in [0.4, 0.5) is 9.18 Å². The predicted molar refractivity (Wildman–Crippen MR) is 122 cm³/mol. The topological polar surface area (TPSA) is 175 Å². The molecule has 0 spiro atoms. The average molecular weight is 516 g/mol. The molecule has 1 aliphatic carbocycles. The zero-order valence-corrected chi connectivity index (χ0v) is 20.5. The highest BCUT2D eigenvalue weighted by Crippen LogP contribution is 2.43. The van der Waals surface area contributed by atoms with Crippen molar-refractivity contribution in [2.45, 2.75) is 56.3 Å². The number of urea groups is 1. The fraction of sp³-hybridized carbons (Fsp3) is 0.773. The van der Waals surface area contributed by atoms with E-state index in [0.29, 0.717) is 11.8 Å². The van der Waals surface area contributed by atoms with E-state index in [-0.39, 0.29) is 37.0 Å². The van der Waals surface area contributed by atoms with Gasteiger partial charge in [-0.25, -0.2) is 25.3 Å². The largest absolute Gasteiger partial charge is 0.479 e. The van der Waals surface area contributed by atoms with Crippen LogP contribution in [-0.2, 0) is 14.4 Å². The Hall–Kier alpha value is -3.02. The van der Waals surface area contributed by atoms with Crippen LogP contribution in [0.5, 0.6) is 0 Å². The summed E-state index contributed by atoms with van der Waals surface area (Å²) in [5.41, 5.74) is -0.152. The Morgan fingerprint density at radius 2 is 1.58 bits per heavy atom. The van der Waals surface area contributed by atoms with E-state index in [1.807, 2.05) is 4.90 Å². The van der Waals surface area contributed by atoms with Gasteiger partial charge in [-0.15, -0.1) is 0 Å². The van der Waals surface area contributed by atoms with E-state index in [1.165, 1.54) is 4.90 Å². The van der Waals surface area contributed by atoms with Crippen LogP contribution >= 0.6 is 0 Å². The van der Waals surface area contributed by atoms with Crippen molar-refractivity contribution in [3.05, 3.63) is 11.4 Å². The van der Waals surface area contributed by atoms with Gasteiger partial charge in [0.2, 0.25) is 5.91 Å². The number of carboxylic acids is 2. The highest BCUT2D eigenvalue weighted by molar-refractivity contribution is 5.83. The van der Waals surface area contributed by atoms with Crippen LogP contribution in [-0.4, -0.2) is 129 Å². The Morgan fingerprint density at radius 3 is 2.00 bits per heavy atom. The molecule has 3 amide bonds. The standard InChI is InChI=1S/C18H28FN5O2.C4H6O6/c1-18(21-8-16(25)24-11-14(19)5-15(24)20-2)6-12-9-23(10-13(12)7-18)17(26)22(3)4;5-1(3(7)8)2(6)4(9)10/h12-15,21H,5-11H2,1,3-4H3;1-2,5-6H,(H,7,8)(H,9,10)/t12-,13+,14-,15-,18?;/m0./s1. The second-order valence-corrected chi connectivity index (χ2v) is 9.98. The van der Waals surface area contributed by atoms with Gasteiger partial charge in [-0.05, 0) is 31.6 Å². The Labute approximate surface area is 208 Å². The molecular formula is C22H34FN5O8. The van der Waals surface area contributed by atoms with Gasteiger partial charge in [-0.3, -0.25) is 14.5 Å². The van der Waals surface area contributed by atoms with Gasteiger partial charge >= 0.3 is 24.1 Å². The summed E-state index contributed by atoms with van der Waals surface area (Å²) in [6.45, 7) is 10.9. The van der Waals surface area contributed by atoms with Crippen LogP contribution in [0.2, 0.25) is 0 Å². The van der Waals surface area contributed by atoms with Crippen molar-refractivity contribution in [3.8, 4) is 0 Å². The summed E-state index contributed by atoms with van der Waals surface area (Å²) in [5, 5.41) is 35.9. The second-order valence-electron chi connectivity index (χ2n) is 9.98. The van der Waals surface area contributed by atoms with Crippen molar-refractivity contribution >= 4 is 23.9 Å². The minimum absolute atomic E-state index is 0.0249. The maximum Gasteiger partial charge on any atom is 0.335 e. The van der Waals surface area contributed by atoms with Gasteiger partial charge in [0.05, 0.1) is 19.5 Å². The molecule has 0 aromatic rings. The molecule has 5 N–H and O–H groups in total. The number of aliphatic carboxylic acids is 2. The van der Waals surface area contributed by atoms with Crippen LogP contribution in [0, 0.1) is 18.4 Å². The summed E-state index contributed by atoms with van der Waals surface area (Å²) >= 11 is 0. The molecule has 1 saturated carbocycles. The third-order valence-electron chi connectivity index (χ3n) is 6.82. The SMILES string of the molecule is O=C(O)C(O)C(O)C(=O)O.[C-]#[N+][C@@H]1C[C@H](F)CN1C(=O)CNC1(C)C[C@H]2CN(C(=O)N(C)C)C[C@H]2C1. The molecule has 7 atom stereocenters. The fourth-order valence-electron chi connectivity index (χ4n) is 5.04. The van der Waals surface area contributed by atoms with Crippen LogP contribution < -0.4 is 5.32 Å². The monoisotopic (exact) mass is 515 g/mol. The van der Waals surface area contributed by atoms with Crippen molar-refractivity contribution in [3.63, 3.8) is 0 Å². The van der Waals surface area contributed by atoms with Crippen LogP contribution in [0.3, 0.4) is 0 Å². The van der Waals surface area contributed by atoms with Crippen molar-refractivity contribution < 1.29 is 44.0 Å². The summed E-state index contributed by atoms with van der Waals surface area (Å²) in [5.74, 6) is -2.84. The lowest BCUT2D eigenvalue weighted by atomic mass is 9.98. The Bertz CT molecular complexity index is 864. The van der Waals surface area contributed by atoms with Gasteiger partial charge in [0.25, 0.3) is 0 Å². The number of aliphatic hydroxyl groups is 2. The van der Waals surface area contributed by atoms with Crippen molar-refractivity contribution in [2.24, 2.45) is 11.8 Å². The van der Waals surface area contributed by atoms with E-state index in [4.69, 9.17) is 27.0 Å². The molecule has 3 fully saturated rings. The normalized spacial score (nSPS) is 30.5. The maximum absolute atomic E-state index is 13.5. The third-order valence-corrected chi connectivity index (χ3v) is 6.82. The molecule has 2 aliphatic heterocycles. The number of hydrogen-bond donors (Lipinski definition) is 5. The second kappa shape index (κ2) is 11.8. The molecule has 0 bridgehead atoms. The van der Waals surface area contributed by atoms with Gasteiger partial charge < -0.3 is 35.5 Å². The summed E-state index contributed by atoms with van der Waals surface area (Å²) in [7, 11) is 3.54. The number of fused-ring (bicyclic) bond motifs is 1. The molecule has 36 heavy (non-hydrogen) atoms. The lowest BCUT2D eigenvalue weighted by molar-refractivity contribution is -0.165.